The quantitative estimate of drug-likeness (QED) is 0.452. The molecule has 2 aromatic heterocycles. The fraction of sp³-hybridized carbons (Fsp3) is 0. The summed E-state index contributed by atoms with van der Waals surface area (Å²) in [6.07, 6.45) is 0. The molecule has 0 aliphatic rings. The second-order valence-corrected chi connectivity index (χ2v) is 5.99. The Morgan fingerprint density at radius 1 is 0.957 bits per heavy atom. The third-order valence-electron chi connectivity index (χ3n) is 3.64. The van der Waals surface area contributed by atoms with Crippen molar-refractivity contribution in [1.82, 2.24) is 0 Å². The van der Waals surface area contributed by atoms with Crippen molar-refractivity contribution in [2.24, 2.45) is 0 Å². The van der Waals surface area contributed by atoms with Gasteiger partial charge in [0, 0.05) is 10.0 Å². The van der Waals surface area contributed by atoms with Crippen molar-refractivity contribution < 1.29 is 8.83 Å². The molecule has 4 rings (SSSR count). The topological polar surface area (TPSA) is 67.1 Å². The summed E-state index contributed by atoms with van der Waals surface area (Å²) in [4.78, 5) is 12.1. The van der Waals surface area contributed by atoms with Crippen molar-refractivity contribution in [3.63, 3.8) is 0 Å². The van der Waals surface area contributed by atoms with Crippen LogP contribution in [0.1, 0.15) is 5.56 Å². The van der Waals surface area contributed by atoms with E-state index < -0.39 is 5.63 Å². The molecule has 0 N–H and O–H groups in total. The lowest BCUT2D eigenvalue weighted by Crippen LogP contribution is -1.97. The molecule has 4 nitrogen and oxygen atoms in total. The summed E-state index contributed by atoms with van der Waals surface area (Å²) in [5.74, 6) is 0.560. The lowest BCUT2D eigenvalue weighted by atomic mass is 10.1. The zero-order chi connectivity index (χ0) is 16.0. The second-order valence-electron chi connectivity index (χ2n) is 5.07. The van der Waals surface area contributed by atoms with Crippen LogP contribution in [0.15, 0.2) is 66.6 Å². The number of hydrogen-bond acceptors (Lipinski definition) is 4. The number of rotatable bonds is 1. The second kappa shape index (κ2) is 5.11. The van der Waals surface area contributed by atoms with Crippen LogP contribution in [0.2, 0.25) is 0 Å². The Balaban J connectivity index is 2.01. The summed E-state index contributed by atoms with van der Waals surface area (Å²) in [5, 5.41) is 9.99. The standard InChI is InChI=1S/C18H8BrNO3/c19-12-5-6-15-13(7-12)17-14(18(21)23-15)8-16(22-17)11-3-1-10(9-20)2-4-11/h1-8H. The molecule has 110 valence electrons. The molecule has 0 amide bonds. The van der Waals surface area contributed by atoms with Gasteiger partial charge in [0.1, 0.15) is 16.7 Å². The molecule has 4 aromatic rings. The van der Waals surface area contributed by atoms with E-state index in [0.29, 0.717) is 27.9 Å². The SMILES string of the molecule is N#Cc1ccc(-c2cc3c(=O)oc4ccc(Br)cc4c3o2)cc1. The van der Waals surface area contributed by atoms with Gasteiger partial charge in [0.25, 0.3) is 0 Å². The number of furan rings is 1. The predicted molar refractivity (Wildman–Crippen MR) is 90.1 cm³/mol. The molecule has 0 atom stereocenters. The summed E-state index contributed by atoms with van der Waals surface area (Å²) in [6, 6.07) is 16.1. The van der Waals surface area contributed by atoms with Crippen molar-refractivity contribution in [2.45, 2.75) is 0 Å². The Bertz CT molecular complexity index is 1150. The molecular weight excluding hydrogens is 358 g/mol. The number of nitriles is 1. The van der Waals surface area contributed by atoms with Gasteiger partial charge in [-0.1, -0.05) is 15.9 Å². The van der Waals surface area contributed by atoms with Gasteiger partial charge in [0.15, 0.2) is 5.58 Å². The summed E-state index contributed by atoms with van der Waals surface area (Å²) in [6.45, 7) is 0. The van der Waals surface area contributed by atoms with Gasteiger partial charge >= 0.3 is 5.63 Å². The average molecular weight is 366 g/mol. The van der Waals surface area contributed by atoms with E-state index in [0.717, 1.165) is 15.4 Å². The molecule has 0 spiro atoms. The first kappa shape index (κ1) is 13.8. The van der Waals surface area contributed by atoms with Crippen LogP contribution in [0, 0.1) is 11.3 Å². The Hall–Kier alpha value is -2.84. The highest BCUT2D eigenvalue weighted by molar-refractivity contribution is 9.10. The normalized spacial score (nSPS) is 11.0. The molecule has 0 saturated carbocycles. The number of halogens is 1. The molecule has 0 aliphatic carbocycles. The van der Waals surface area contributed by atoms with Crippen LogP contribution in [0.3, 0.4) is 0 Å². The van der Waals surface area contributed by atoms with Crippen LogP contribution >= 0.6 is 15.9 Å². The van der Waals surface area contributed by atoms with Crippen LogP contribution in [0.5, 0.6) is 0 Å². The average Bonchev–Trinajstić information content (AvgIpc) is 3.02. The summed E-state index contributed by atoms with van der Waals surface area (Å²) in [5.41, 5.74) is 1.91. The maximum Gasteiger partial charge on any atom is 0.347 e. The van der Waals surface area contributed by atoms with E-state index in [-0.39, 0.29) is 0 Å². The maximum atomic E-state index is 12.1. The number of hydrogen-bond donors (Lipinski definition) is 0. The van der Waals surface area contributed by atoms with E-state index in [1.54, 1.807) is 36.4 Å². The summed E-state index contributed by atoms with van der Waals surface area (Å²) in [7, 11) is 0. The van der Waals surface area contributed by atoms with Crippen molar-refractivity contribution >= 4 is 37.9 Å². The lowest BCUT2D eigenvalue weighted by Gasteiger charge is -1.98. The van der Waals surface area contributed by atoms with Gasteiger partial charge in [-0.05, 0) is 48.5 Å². The molecule has 0 bridgehead atoms. The van der Waals surface area contributed by atoms with Crippen LogP contribution < -0.4 is 5.63 Å². The van der Waals surface area contributed by atoms with Gasteiger partial charge in [-0.15, -0.1) is 0 Å². The highest BCUT2D eigenvalue weighted by Crippen LogP contribution is 2.32. The lowest BCUT2D eigenvalue weighted by molar-refractivity contribution is 0.565. The van der Waals surface area contributed by atoms with Crippen molar-refractivity contribution in [2.75, 3.05) is 0 Å². The van der Waals surface area contributed by atoms with E-state index in [1.165, 1.54) is 0 Å². The molecule has 0 aliphatic heterocycles. The molecular formula is C18H8BrNO3. The minimum Gasteiger partial charge on any atom is -0.455 e. The first-order chi connectivity index (χ1) is 11.2. The molecule has 2 aromatic carbocycles. The fourth-order valence-corrected chi connectivity index (χ4v) is 2.88. The Morgan fingerprint density at radius 3 is 2.48 bits per heavy atom. The van der Waals surface area contributed by atoms with Gasteiger partial charge in [-0.25, -0.2) is 4.79 Å². The van der Waals surface area contributed by atoms with Crippen LogP contribution in [0.25, 0.3) is 33.3 Å². The Morgan fingerprint density at radius 2 is 1.74 bits per heavy atom. The van der Waals surface area contributed by atoms with Crippen LogP contribution in [0.4, 0.5) is 0 Å². The van der Waals surface area contributed by atoms with Gasteiger partial charge in [-0.3, -0.25) is 0 Å². The molecule has 0 saturated heterocycles. The highest BCUT2D eigenvalue weighted by Gasteiger charge is 2.14. The van der Waals surface area contributed by atoms with E-state index in [1.807, 2.05) is 12.1 Å². The number of nitrogens with zero attached hydrogens (tertiary/aromatic N) is 1. The largest absolute Gasteiger partial charge is 0.455 e. The molecule has 0 fully saturated rings. The van der Waals surface area contributed by atoms with E-state index >= 15 is 0 Å². The van der Waals surface area contributed by atoms with Crippen molar-refractivity contribution in [1.29, 1.82) is 5.26 Å². The van der Waals surface area contributed by atoms with Crippen molar-refractivity contribution in [3.05, 3.63) is 69.0 Å². The van der Waals surface area contributed by atoms with E-state index in [4.69, 9.17) is 14.1 Å². The van der Waals surface area contributed by atoms with Crippen LogP contribution in [-0.2, 0) is 0 Å². The first-order valence-electron chi connectivity index (χ1n) is 6.82. The van der Waals surface area contributed by atoms with Gasteiger partial charge < -0.3 is 8.83 Å². The fourth-order valence-electron chi connectivity index (χ4n) is 2.52. The molecule has 2 heterocycles. The maximum absolute atomic E-state index is 12.1. The molecule has 0 radical (unpaired) electrons. The highest BCUT2D eigenvalue weighted by atomic mass is 79.9. The minimum absolute atomic E-state index is 0.398. The Kier molecular flexibility index (Phi) is 3.07. The van der Waals surface area contributed by atoms with Crippen molar-refractivity contribution in [3.8, 4) is 17.4 Å². The third-order valence-corrected chi connectivity index (χ3v) is 4.13. The smallest absolute Gasteiger partial charge is 0.347 e. The number of benzene rings is 2. The van der Waals surface area contributed by atoms with E-state index in [2.05, 4.69) is 22.0 Å². The molecule has 5 heteroatoms. The van der Waals surface area contributed by atoms with Crippen LogP contribution in [-0.4, -0.2) is 0 Å². The zero-order valence-corrected chi connectivity index (χ0v) is 13.3. The third kappa shape index (κ3) is 2.24. The van der Waals surface area contributed by atoms with E-state index in [9.17, 15) is 4.79 Å². The summed E-state index contributed by atoms with van der Waals surface area (Å²) < 4.78 is 12.1. The van der Waals surface area contributed by atoms with Gasteiger partial charge in [0.2, 0.25) is 0 Å². The predicted octanol–water partition coefficient (Wildman–Crippen LogP) is 4.84. The first-order valence-corrected chi connectivity index (χ1v) is 7.61. The number of fused-ring (bicyclic) bond motifs is 3. The molecule has 23 heavy (non-hydrogen) atoms. The summed E-state index contributed by atoms with van der Waals surface area (Å²) >= 11 is 3.41. The Labute approximate surface area is 138 Å². The zero-order valence-electron chi connectivity index (χ0n) is 11.7. The monoisotopic (exact) mass is 365 g/mol. The van der Waals surface area contributed by atoms with Gasteiger partial charge in [-0.2, -0.15) is 5.26 Å². The minimum atomic E-state index is -0.432. The molecule has 0 unspecified atom stereocenters. The van der Waals surface area contributed by atoms with Gasteiger partial charge in [0.05, 0.1) is 17.0 Å².